The van der Waals surface area contributed by atoms with Crippen molar-refractivity contribution in [2.24, 2.45) is 0 Å². The summed E-state index contributed by atoms with van der Waals surface area (Å²) in [4.78, 5) is 0. The molecular weight excluding hydrogens is 461 g/mol. The number of rotatable bonds is 5. The molecule has 5 heterocycles. The summed E-state index contributed by atoms with van der Waals surface area (Å²) in [5.74, 6) is -1.30. The van der Waals surface area contributed by atoms with Gasteiger partial charge in [0.2, 0.25) is 0 Å². The number of aromatic nitrogens is 6. The number of benzene rings is 2. The molecule has 0 amide bonds. The quantitative estimate of drug-likeness (QED) is 0.425. The first kappa shape index (κ1) is 21.8. The Morgan fingerprint density at radius 3 is 1.94 bits per heavy atom. The van der Waals surface area contributed by atoms with Crippen molar-refractivity contribution in [2.45, 2.75) is 44.4 Å². The van der Waals surface area contributed by atoms with Crippen LogP contribution in [0.25, 0.3) is 22.1 Å². The van der Waals surface area contributed by atoms with E-state index in [1.807, 2.05) is 36.4 Å². The second kappa shape index (κ2) is 8.28. The van der Waals surface area contributed by atoms with Crippen LogP contribution >= 0.6 is 7.87 Å². The zero-order valence-corrected chi connectivity index (χ0v) is 20.7. The average Bonchev–Trinajstić information content (AvgIpc) is 3.72. The molecule has 3 saturated heterocycles. The Morgan fingerprint density at radius 1 is 0.686 bits per heavy atom. The second-order valence-corrected chi connectivity index (χ2v) is 12.9. The van der Waals surface area contributed by atoms with E-state index in [1.54, 1.807) is 4.68 Å². The van der Waals surface area contributed by atoms with Crippen LogP contribution in [0, 0.1) is 0 Å². The minimum absolute atomic E-state index is 0.594. The van der Waals surface area contributed by atoms with E-state index >= 15 is 0 Å². The third-order valence-electron chi connectivity index (χ3n) is 7.82. The fourth-order valence-corrected chi connectivity index (χ4v) is 11.2. The van der Waals surface area contributed by atoms with Crippen molar-refractivity contribution in [1.82, 2.24) is 43.8 Å². The van der Waals surface area contributed by atoms with E-state index in [0.29, 0.717) is 6.42 Å². The van der Waals surface area contributed by atoms with Gasteiger partial charge in [-0.1, -0.05) is 38.6 Å². The van der Waals surface area contributed by atoms with Crippen molar-refractivity contribution in [1.29, 1.82) is 0 Å². The Labute approximate surface area is 204 Å². The fraction of sp³-hybridized carbons (Fsp3) is 0.500. The lowest BCUT2D eigenvalue weighted by Gasteiger charge is -2.46. The van der Waals surface area contributed by atoms with Crippen LogP contribution in [0.2, 0.25) is 0 Å². The number of nitrogens with zero attached hydrogens (tertiary/aromatic N) is 9. The monoisotopic (exact) mass is 492 g/mol. The Bertz CT molecular complexity index is 1340. The molecule has 2 aromatic heterocycles. The molecule has 1 unspecified atom stereocenters. The molecule has 0 spiro atoms. The summed E-state index contributed by atoms with van der Waals surface area (Å²) in [5, 5.41) is 31.0. The molecule has 4 aromatic rings. The smallest absolute Gasteiger partial charge is 0.354 e. The molecule has 0 saturated carbocycles. The summed E-state index contributed by atoms with van der Waals surface area (Å²) in [7, 11) is -2.53. The first-order valence-corrected chi connectivity index (χ1v) is 14.4. The van der Waals surface area contributed by atoms with E-state index in [4.69, 9.17) is 5.21 Å². The van der Waals surface area contributed by atoms with Gasteiger partial charge >= 0.3 is 7.87 Å². The van der Waals surface area contributed by atoms with Gasteiger partial charge in [0.05, 0.1) is 5.52 Å². The van der Waals surface area contributed by atoms with Crippen LogP contribution in [-0.4, -0.2) is 81.6 Å². The molecule has 0 aliphatic carbocycles. The molecule has 3 fully saturated rings. The van der Waals surface area contributed by atoms with Gasteiger partial charge in [0, 0.05) is 39.1 Å². The lowest BCUT2D eigenvalue weighted by atomic mass is 10.2. The molecule has 35 heavy (non-hydrogen) atoms. The summed E-state index contributed by atoms with van der Waals surface area (Å²) < 4.78 is 11.5. The summed E-state index contributed by atoms with van der Waals surface area (Å²) in [5.41, 5.74) is 3.57. The zero-order valence-electron chi connectivity index (χ0n) is 19.8. The highest BCUT2D eigenvalue weighted by molar-refractivity contribution is 7.67. The van der Waals surface area contributed by atoms with E-state index < -0.39 is 13.7 Å². The predicted molar refractivity (Wildman–Crippen MR) is 135 cm³/mol. The molecule has 10 nitrogen and oxygen atoms in total. The molecule has 11 heteroatoms. The predicted octanol–water partition coefficient (Wildman–Crippen LogP) is 3.29. The van der Waals surface area contributed by atoms with Crippen molar-refractivity contribution in [3.05, 3.63) is 48.5 Å². The SMILES string of the molecule is OC1(n2nnc3ccccc32)CCCN1[P+](N1CCCC1)(N1CCCC1)n1nnc2ccccc21. The molecule has 1 atom stereocenters. The molecule has 1 N–H and O–H groups in total. The standard InChI is InChI=1S/C24H31N9OP/c34-24(32-22-12-3-1-10-20(22)25-27-32)14-9-19-31(24)35(29-15-5-6-16-29,30-17-7-8-18-30)33-23-13-4-2-11-21(23)26-28-33/h1-4,10-13,34H,5-9,14-19H2/q+1. The van der Waals surface area contributed by atoms with E-state index in [-0.39, 0.29) is 0 Å². The normalized spacial score (nSPS) is 24.9. The van der Waals surface area contributed by atoms with Crippen LogP contribution in [-0.2, 0) is 5.85 Å². The van der Waals surface area contributed by atoms with E-state index in [2.05, 4.69) is 46.0 Å². The zero-order chi connectivity index (χ0) is 23.5. The van der Waals surface area contributed by atoms with E-state index in [0.717, 1.165) is 86.9 Å². The van der Waals surface area contributed by atoms with Gasteiger partial charge in [0.1, 0.15) is 16.6 Å². The highest BCUT2D eigenvalue weighted by Crippen LogP contribution is 2.73. The Balaban J connectivity index is 1.50. The van der Waals surface area contributed by atoms with Crippen molar-refractivity contribution < 1.29 is 5.11 Å². The van der Waals surface area contributed by atoms with Crippen molar-refractivity contribution >= 4 is 29.9 Å². The lowest BCUT2D eigenvalue weighted by Crippen LogP contribution is -2.55. The molecule has 0 radical (unpaired) electrons. The van der Waals surface area contributed by atoms with Gasteiger partial charge in [-0.3, -0.25) is 0 Å². The van der Waals surface area contributed by atoms with Gasteiger partial charge in [-0.2, -0.15) is 4.68 Å². The Hall–Kier alpha value is -2.49. The van der Waals surface area contributed by atoms with E-state index in [9.17, 15) is 5.11 Å². The average molecular weight is 493 g/mol. The molecule has 3 aliphatic heterocycles. The van der Waals surface area contributed by atoms with Crippen LogP contribution in [0.3, 0.4) is 0 Å². The van der Waals surface area contributed by atoms with Gasteiger partial charge in [-0.05, 0) is 61.6 Å². The van der Waals surface area contributed by atoms with Crippen molar-refractivity contribution in [2.75, 3.05) is 32.7 Å². The summed E-state index contributed by atoms with van der Waals surface area (Å²) in [6, 6.07) is 16.1. The highest BCUT2D eigenvalue weighted by Gasteiger charge is 2.69. The number of hydrogen-bond acceptors (Lipinski definition) is 8. The van der Waals surface area contributed by atoms with Crippen LogP contribution in [0.1, 0.15) is 38.5 Å². The highest BCUT2D eigenvalue weighted by atomic mass is 31.2. The summed E-state index contributed by atoms with van der Waals surface area (Å²) in [6.45, 7) is 4.72. The minimum Gasteiger partial charge on any atom is -0.354 e. The summed E-state index contributed by atoms with van der Waals surface area (Å²) >= 11 is 0. The maximum absolute atomic E-state index is 12.6. The fourth-order valence-electron chi connectivity index (χ4n) is 6.29. The van der Waals surface area contributed by atoms with E-state index in [1.165, 1.54) is 0 Å². The number of hydrogen-bond donors (Lipinski definition) is 1. The Morgan fingerprint density at radius 2 is 1.26 bits per heavy atom. The van der Waals surface area contributed by atoms with Gasteiger partial charge in [0.15, 0.2) is 0 Å². The van der Waals surface area contributed by atoms with Crippen molar-refractivity contribution in [3.8, 4) is 0 Å². The molecule has 0 bridgehead atoms. The molecular formula is C24H31N9OP+. The van der Waals surface area contributed by atoms with Gasteiger partial charge in [0.25, 0.3) is 5.85 Å². The Kier molecular flexibility index (Phi) is 5.15. The lowest BCUT2D eigenvalue weighted by molar-refractivity contribution is -0.122. The third-order valence-corrected chi connectivity index (χ3v) is 12.1. The number of fused-ring (bicyclic) bond motifs is 2. The van der Waals surface area contributed by atoms with Crippen molar-refractivity contribution in [3.63, 3.8) is 0 Å². The molecule has 2 aromatic carbocycles. The summed E-state index contributed by atoms with van der Waals surface area (Å²) in [6.07, 6.45) is 6.08. The molecule has 3 aliphatic rings. The first-order chi connectivity index (χ1) is 17.2. The number of aliphatic hydroxyl groups is 1. The van der Waals surface area contributed by atoms with Crippen LogP contribution in [0.15, 0.2) is 48.5 Å². The minimum atomic E-state index is -2.53. The maximum atomic E-state index is 12.6. The first-order valence-electron chi connectivity index (χ1n) is 12.8. The second-order valence-electron chi connectivity index (χ2n) is 9.82. The van der Waals surface area contributed by atoms with Gasteiger partial charge in [-0.15, -0.1) is 19.5 Å². The largest absolute Gasteiger partial charge is 0.359 e. The molecule has 7 rings (SSSR count). The van der Waals surface area contributed by atoms with Gasteiger partial charge < -0.3 is 5.11 Å². The van der Waals surface area contributed by atoms with Gasteiger partial charge in [-0.25, -0.2) is 0 Å². The molecule has 182 valence electrons. The van der Waals surface area contributed by atoms with Crippen LogP contribution in [0.4, 0.5) is 0 Å². The number of para-hydroxylation sites is 2. The maximum Gasteiger partial charge on any atom is 0.359 e. The van der Waals surface area contributed by atoms with Crippen LogP contribution < -0.4 is 0 Å². The topological polar surface area (TPSA) is 91.4 Å². The third kappa shape index (κ3) is 3.07. The van der Waals surface area contributed by atoms with Crippen LogP contribution in [0.5, 0.6) is 0 Å².